The van der Waals surface area contributed by atoms with Gasteiger partial charge in [0.1, 0.15) is 0 Å². The summed E-state index contributed by atoms with van der Waals surface area (Å²) in [6, 6.07) is -0.0477. The number of carbonyl (C=O) groups excluding carboxylic acids is 1. The molecule has 1 amide bonds. The van der Waals surface area contributed by atoms with Gasteiger partial charge in [-0.3, -0.25) is 4.79 Å². The molecule has 3 aliphatic rings. The summed E-state index contributed by atoms with van der Waals surface area (Å²) in [5.74, 6) is 0.582. The highest BCUT2D eigenvalue weighted by Crippen LogP contribution is 2.44. The Morgan fingerprint density at radius 2 is 2.04 bits per heavy atom. The maximum absolute atomic E-state index is 12.9. The molecule has 0 aromatic rings. The summed E-state index contributed by atoms with van der Waals surface area (Å²) in [6.45, 7) is 2.69. The van der Waals surface area contributed by atoms with E-state index in [1.807, 2.05) is 0 Å². The molecule has 1 unspecified atom stereocenters. The maximum atomic E-state index is 12.9. The van der Waals surface area contributed by atoms with Crippen molar-refractivity contribution in [3.63, 3.8) is 0 Å². The first-order chi connectivity index (χ1) is 10.4. The van der Waals surface area contributed by atoms with E-state index in [2.05, 4.69) is 10.6 Å². The molecule has 134 valence electrons. The minimum atomic E-state index is -3.17. The predicted octanol–water partition coefficient (Wildman–Crippen LogP) is 0.728. The highest BCUT2D eigenvalue weighted by Gasteiger charge is 2.50. The van der Waals surface area contributed by atoms with Gasteiger partial charge in [0.15, 0.2) is 0 Å². The van der Waals surface area contributed by atoms with Crippen molar-refractivity contribution in [2.45, 2.75) is 44.6 Å². The van der Waals surface area contributed by atoms with Gasteiger partial charge in [0, 0.05) is 25.7 Å². The molecular weight excluding hydrogens is 338 g/mol. The molecule has 2 aliphatic heterocycles. The third-order valence-corrected chi connectivity index (χ3v) is 6.95. The van der Waals surface area contributed by atoms with Crippen LogP contribution < -0.4 is 10.6 Å². The Bertz CT molecular complexity index is 542. The van der Waals surface area contributed by atoms with Gasteiger partial charge in [0.05, 0.1) is 11.7 Å². The van der Waals surface area contributed by atoms with E-state index < -0.39 is 10.0 Å². The Labute approximate surface area is 145 Å². The molecular formula is C15H28ClN3O3S. The van der Waals surface area contributed by atoms with Crippen LogP contribution in [0.25, 0.3) is 0 Å². The molecule has 1 aliphatic carbocycles. The van der Waals surface area contributed by atoms with E-state index in [0.29, 0.717) is 19.0 Å². The second-order valence-electron chi connectivity index (χ2n) is 7.16. The van der Waals surface area contributed by atoms with E-state index in [9.17, 15) is 13.2 Å². The number of rotatable bonds is 3. The topological polar surface area (TPSA) is 78.5 Å². The first kappa shape index (κ1) is 19.0. The van der Waals surface area contributed by atoms with Crippen molar-refractivity contribution in [2.75, 3.05) is 32.4 Å². The van der Waals surface area contributed by atoms with Crippen LogP contribution in [0.2, 0.25) is 0 Å². The average molecular weight is 366 g/mol. The maximum Gasteiger partial charge on any atom is 0.228 e. The van der Waals surface area contributed by atoms with E-state index in [-0.39, 0.29) is 29.8 Å². The fourth-order valence-corrected chi connectivity index (χ4v) is 5.29. The smallest absolute Gasteiger partial charge is 0.228 e. The Morgan fingerprint density at radius 1 is 1.26 bits per heavy atom. The molecule has 3 atom stereocenters. The number of sulfonamides is 1. The lowest BCUT2D eigenvalue weighted by atomic mass is 9.67. The lowest BCUT2D eigenvalue weighted by Crippen LogP contribution is -2.55. The summed E-state index contributed by atoms with van der Waals surface area (Å²) >= 11 is 0. The van der Waals surface area contributed by atoms with Crippen LogP contribution in [0, 0.1) is 11.3 Å². The monoisotopic (exact) mass is 365 g/mol. The summed E-state index contributed by atoms with van der Waals surface area (Å²) < 4.78 is 24.9. The molecule has 2 N–H and O–H groups in total. The van der Waals surface area contributed by atoms with Crippen LogP contribution in [0.15, 0.2) is 0 Å². The lowest BCUT2D eigenvalue weighted by molar-refractivity contribution is -0.135. The Hall–Kier alpha value is -0.370. The lowest BCUT2D eigenvalue weighted by Gasteiger charge is -2.39. The average Bonchev–Trinajstić information content (AvgIpc) is 2.92. The molecule has 2 saturated heterocycles. The number of amides is 1. The predicted molar refractivity (Wildman–Crippen MR) is 92.1 cm³/mol. The molecule has 0 bridgehead atoms. The van der Waals surface area contributed by atoms with Crippen molar-refractivity contribution in [1.29, 1.82) is 0 Å². The fraction of sp³-hybridized carbons (Fsp3) is 0.933. The highest BCUT2D eigenvalue weighted by molar-refractivity contribution is 7.88. The van der Waals surface area contributed by atoms with Crippen LogP contribution in [0.1, 0.15) is 38.5 Å². The van der Waals surface area contributed by atoms with Gasteiger partial charge in [-0.1, -0.05) is 12.8 Å². The summed E-state index contributed by atoms with van der Waals surface area (Å²) in [4.78, 5) is 12.9. The Kier molecular flexibility index (Phi) is 5.98. The van der Waals surface area contributed by atoms with Crippen molar-refractivity contribution in [3.05, 3.63) is 0 Å². The third kappa shape index (κ3) is 3.83. The van der Waals surface area contributed by atoms with E-state index >= 15 is 0 Å². The molecule has 0 radical (unpaired) electrons. The summed E-state index contributed by atoms with van der Waals surface area (Å²) in [7, 11) is -3.17. The molecule has 3 rings (SSSR count). The van der Waals surface area contributed by atoms with E-state index in [0.717, 1.165) is 45.2 Å². The van der Waals surface area contributed by atoms with Crippen molar-refractivity contribution < 1.29 is 13.2 Å². The molecule has 0 aromatic heterocycles. The number of fused-ring (bicyclic) bond motifs is 1. The van der Waals surface area contributed by atoms with Gasteiger partial charge in [0.25, 0.3) is 0 Å². The van der Waals surface area contributed by atoms with Crippen LogP contribution in [0.3, 0.4) is 0 Å². The Morgan fingerprint density at radius 3 is 2.78 bits per heavy atom. The molecule has 2 heterocycles. The molecule has 6 nitrogen and oxygen atoms in total. The van der Waals surface area contributed by atoms with E-state index in [4.69, 9.17) is 0 Å². The number of nitrogens with zero attached hydrogens (tertiary/aromatic N) is 1. The second kappa shape index (κ2) is 7.25. The highest BCUT2D eigenvalue weighted by atomic mass is 35.5. The number of carbonyl (C=O) groups is 1. The molecule has 0 aromatic carbocycles. The number of piperidine rings is 1. The molecule has 23 heavy (non-hydrogen) atoms. The number of hydrogen-bond donors (Lipinski definition) is 2. The SMILES string of the molecule is CS(=O)(=O)N1CCCC(NC(=O)[C@@]23CCCC[C@H]2CNC3)C1.Cl. The van der Waals surface area contributed by atoms with Crippen molar-refractivity contribution in [2.24, 2.45) is 11.3 Å². The van der Waals surface area contributed by atoms with Crippen LogP contribution in [0.5, 0.6) is 0 Å². The molecule has 1 saturated carbocycles. The van der Waals surface area contributed by atoms with Crippen LogP contribution in [0.4, 0.5) is 0 Å². The van der Waals surface area contributed by atoms with Crippen molar-refractivity contribution in [3.8, 4) is 0 Å². The van der Waals surface area contributed by atoms with Crippen LogP contribution >= 0.6 is 12.4 Å². The minimum Gasteiger partial charge on any atom is -0.352 e. The summed E-state index contributed by atoms with van der Waals surface area (Å²) in [6.07, 6.45) is 7.34. The fourth-order valence-electron chi connectivity index (χ4n) is 4.38. The zero-order valence-electron chi connectivity index (χ0n) is 13.7. The van der Waals surface area contributed by atoms with Gasteiger partial charge in [-0.25, -0.2) is 12.7 Å². The third-order valence-electron chi connectivity index (χ3n) is 5.68. The molecule has 8 heteroatoms. The van der Waals surface area contributed by atoms with Crippen molar-refractivity contribution in [1.82, 2.24) is 14.9 Å². The quantitative estimate of drug-likeness (QED) is 0.772. The summed E-state index contributed by atoms with van der Waals surface area (Å²) in [5, 5.41) is 6.56. The number of hydrogen-bond acceptors (Lipinski definition) is 4. The molecule has 3 fully saturated rings. The van der Waals surface area contributed by atoms with Gasteiger partial charge < -0.3 is 10.6 Å². The van der Waals surface area contributed by atoms with Gasteiger partial charge in [0.2, 0.25) is 15.9 Å². The zero-order valence-corrected chi connectivity index (χ0v) is 15.3. The minimum absolute atomic E-state index is 0. The van der Waals surface area contributed by atoms with Gasteiger partial charge in [-0.2, -0.15) is 0 Å². The Balaban J connectivity index is 0.00000192. The zero-order chi connectivity index (χ0) is 15.8. The first-order valence-corrected chi connectivity index (χ1v) is 10.2. The van der Waals surface area contributed by atoms with Crippen LogP contribution in [-0.4, -0.2) is 57.1 Å². The van der Waals surface area contributed by atoms with Crippen molar-refractivity contribution >= 4 is 28.3 Å². The standard InChI is InChI=1S/C15H27N3O3S.ClH/c1-22(20,21)18-8-4-6-13(10-18)17-14(19)15-7-3-2-5-12(15)9-16-11-15;/h12-13,16H,2-11H2,1H3,(H,17,19);1H/t12-,13?,15+;/m0./s1. The van der Waals surface area contributed by atoms with Gasteiger partial charge in [-0.05, 0) is 38.1 Å². The van der Waals surface area contributed by atoms with Crippen LogP contribution in [-0.2, 0) is 14.8 Å². The van der Waals surface area contributed by atoms with E-state index in [1.54, 1.807) is 0 Å². The first-order valence-electron chi connectivity index (χ1n) is 8.39. The largest absolute Gasteiger partial charge is 0.352 e. The molecule has 0 spiro atoms. The summed E-state index contributed by atoms with van der Waals surface area (Å²) in [5.41, 5.74) is -0.258. The van der Waals surface area contributed by atoms with Gasteiger partial charge >= 0.3 is 0 Å². The van der Waals surface area contributed by atoms with Gasteiger partial charge in [-0.15, -0.1) is 12.4 Å². The number of nitrogens with one attached hydrogen (secondary N) is 2. The van der Waals surface area contributed by atoms with E-state index in [1.165, 1.54) is 17.0 Å². The number of halogens is 1. The second-order valence-corrected chi connectivity index (χ2v) is 9.15. The normalized spacial score (nSPS) is 35.2.